The van der Waals surface area contributed by atoms with Gasteiger partial charge in [0.2, 0.25) is 5.91 Å². The molecule has 1 aliphatic rings. The van der Waals surface area contributed by atoms with Crippen LogP contribution in [-0.4, -0.2) is 29.7 Å². The number of amides is 1. The number of thioether (sulfide) groups is 1. The Kier molecular flexibility index (Phi) is 8.87. The van der Waals surface area contributed by atoms with Gasteiger partial charge in [0.05, 0.1) is 18.2 Å². The van der Waals surface area contributed by atoms with Crippen molar-refractivity contribution in [1.29, 1.82) is 10.5 Å². The molecule has 42 heavy (non-hydrogen) atoms. The van der Waals surface area contributed by atoms with E-state index in [2.05, 4.69) is 34.6 Å². The number of ether oxygens (including phenoxy) is 1. The summed E-state index contributed by atoms with van der Waals surface area (Å²) >= 11 is 2.65. The van der Waals surface area contributed by atoms with Gasteiger partial charge in [0.1, 0.15) is 33.5 Å². The highest BCUT2D eigenvalue weighted by molar-refractivity contribution is 7.99. The number of nitrogens with zero attached hydrogens (tertiary/aromatic N) is 3. The van der Waals surface area contributed by atoms with E-state index in [1.165, 1.54) is 35.8 Å². The molecule has 0 spiro atoms. The number of esters is 1. The van der Waals surface area contributed by atoms with Gasteiger partial charge in [-0.15, -0.1) is 23.1 Å². The molecule has 210 valence electrons. The summed E-state index contributed by atoms with van der Waals surface area (Å²) in [5.41, 5.74) is 10.3. The minimum Gasteiger partial charge on any atom is -0.465 e. The van der Waals surface area contributed by atoms with Gasteiger partial charge in [-0.2, -0.15) is 10.5 Å². The second-order valence-corrected chi connectivity index (χ2v) is 11.9. The van der Waals surface area contributed by atoms with Crippen LogP contribution in [0.5, 0.6) is 0 Å². The summed E-state index contributed by atoms with van der Waals surface area (Å²) in [5.74, 6) is -0.0378. The van der Waals surface area contributed by atoms with E-state index in [0.717, 1.165) is 29.7 Å². The van der Waals surface area contributed by atoms with Gasteiger partial charge in [-0.3, -0.25) is 4.79 Å². The van der Waals surface area contributed by atoms with Gasteiger partial charge in [-0.05, 0) is 41.9 Å². The molecule has 1 unspecified atom stereocenters. The summed E-state index contributed by atoms with van der Waals surface area (Å²) in [5, 5.41) is 23.5. The molecule has 5 rings (SSSR count). The molecule has 10 heteroatoms. The molecule has 1 aliphatic carbocycles. The Morgan fingerprint density at radius 1 is 1.10 bits per heavy atom. The van der Waals surface area contributed by atoms with Crippen molar-refractivity contribution in [2.45, 2.75) is 36.6 Å². The Morgan fingerprint density at radius 3 is 2.45 bits per heavy atom. The highest BCUT2D eigenvalue weighted by atomic mass is 32.2. The SMILES string of the molecule is COC(=O)c1c(NC(=O)CCSc2nc(N)c(C#N)c(-c3ccccc3)c2C#N)sc2c1CCC(c1ccccc1)C2. The summed E-state index contributed by atoms with van der Waals surface area (Å²) in [7, 11) is 1.34. The van der Waals surface area contributed by atoms with Gasteiger partial charge in [0.15, 0.2) is 0 Å². The van der Waals surface area contributed by atoms with E-state index in [1.807, 2.05) is 36.4 Å². The smallest absolute Gasteiger partial charge is 0.341 e. The molecule has 2 heterocycles. The van der Waals surface area contributed by atoms with Crippen molar-refractivity contribution in [2.24, 2.45) is 0 Å². The molecule has 2 aromatic carbocycles. The van der Waals surface area contributed by atoms with Gasteiger partial charge in [-0.1, -0.05) is 60.7 Å². The maximum absolute atomic E-state index is 13.1. The fourth-order valence-corrected chi connectivity index (χ4v) is 7.49. The Hall–Kier alpha value is -4.64. The van der Waals surface area contributed by atoms with E-state index < -0.39 is 5.97 Å². The molecular formula is C32H27N5O3S2. The molecule has 1 atom stereocenters. The average molecular weight is 594 g/mol. The number of nitrogen functional groups attached to an aromatic ring is 1. The van der Waals surface area contributed by atoms with Crippen LogP contribution < -0.4 is 11.1 Å². The number of rotatable bonds is 8. The van der Waals surface area contributed by atoms with Crippen molar-refractivity contribution in [3.63, 3.8) is 0 Å². The summed E-state index contributed by atoms with van der Waals surface area (Å²) in [4.78, 5) is 31.2. The van der Waals surface area contributed by atoms with Crippen LogP contribution in [0.3, 0.4) is 0 Å². The largest absolute Gasteiger partial charge is 0.465 e. The molecular weight excluding hydrogens is 567 g/mol. The number of nitrogens with two attached hydrogens (primary N) is 1. The quantitative estimate of drug-likeness (QED) is 0.179. The number of thiophene rings is 1. The van der Waals surface area contributed by atoms with Gasteiger partial charge < -0.3 is 15.8 Å². The van der Waals surface area contributed by atoms with E-state index in [4.69, 9.17) is 10.5 Å². The summed E-state index contributed by atoms with van der Waals surface area (Å²) < 4.78 is 5.08. The van der Waals surface area contributed by atoms with E-state index in [0.29, 0.717) is 38.4 Å². The number of methoxy groups -OCH3 is 1. The van der Waals surface area contributed by atoms with Crippen LogP contribution in [0, 0.1) is 22.7 Å². The molecule has 0 saturated heterocycles. The molecule has 0 saturated carbocycles. The zero-order valence-electron chi connectivity index (χ0n) is 22.8. The van der Waals surface area contributed by atoms with Gasteiger partial charge >= 0.3 is 5.97 Å². The number of carbonyl (C=O) groups excluding carboxylic acids is 2. The lowest BCUT2D eigenvalue weighted by molar-refractivity contribution is -0.115. The fraction of sp³-hybridized carbons (Fsp3) is 0.219. The fourth-order valence-electron chi connectivity index (χ4n) is 5.23. The second-order valence-electron chi connectivity index (χ2n) is 9.71. The molecule has 3 N–H and O–H groups in total. The molecule has 4 aromatic rings. The lowest BCUT2D eigenvalue weighted by Crippen LogP contribution is -2.16. The minimum atomic E-state index is -0.459. The second kappa shape index (κ2) is 12.9. The first-order valence-corrected chi connectivity index (χ1v) is 15.1. The highest BCUT2D eigenvalue weighted by Gasteiger charge is 2.30. The molecule has 0 radical (unpaired) electrons. The van der Waals surface area contributed by atoms with E-state index in [1.54, 1.807) is 12.1 Å². The van der Waals surface area contributed by atoms with Crippen LogP contribution in [-0.2, 0) is 22.4 Å². The Labute approximate surface area is 252 Å². The number of nitrogens with one attached hydrogen (secondary N) is 1. The van der Waals surface area contributed by atoms with Crippen molar-refractivity contribution in [3.8, 4) is 23.3 Å². The van der Waals surface area contributed by atoms with Crippen molar-refractivity contribution in [3.05, 3.63) is 93.4 Å². The predicted octanol–water partition coefficient (Wildman–Crippen LogP) is 6.32. The number of carbonyl (C=O) groups is 2. The van der Waals surface area contributed by atoms with E-state index in [-0.39, 0.29) is 29.3 Å². The number of anilines is 2. The molecule has 0 fully saturated rings. The Bertz CT molecular complexity index is 1720. The minimum absolute atomic E-state index is 0.0306. The molecule has 0 aliphatic heterocycles. The number of nitriles is 2. The van der Waals surface area contributed by atoms with Gasteiger partial charge in [0.25, 0.3) is 0 Å². The van der Waals surface area contributed by atoms with Crippen LogP contribution in [0.25, 0.3) is 11.1 Å². The van der Waals surface area contributed by atoms with Crippen LogP contribution in [0.15, 0.2) is 65.7 Å². The first-order valence-electron chi connectivity index (χ1n) is 13.3. The van der Waals surface area contributed by atoms with Crippen LogP contribution in [0.2, 0.25) is 0 Å². The highest BCUT2D eigenvalue weighted by Crippen LogP contribution is 2.43. The number of hydrogen-bond donors (Lipinski definition) is 2. The average Bonchev–Trinajstić information content (AvgIpc) is 3.38. The summed E-state index contributed by atoms with van der Waals surface area (Å²) in [6.45, 7) is 0. The van der Waals surface area contributed by atoms with Crippen LogP contribution >= 0.6 is 23.1 Å². The lowest BCUT2D eigenvalue weighted by atomic mass is 9.83. The third-order valence-corrected chi connectivity index (χ3v) is 9.37. The molecule has 2 aromatic heterocycles. The monoisotopic (exact) mass is 593 g/mol. The Balaban J connectivity index is 1.32. The maximum Gasteiger partial charge on any atom is 0.341 e. The topological polar surface area (TPSA) is 142 Å². The maximum atomic E-state index is 13.1. The van der Waals surface area contributed by atoms with Crippen molar-refractivity contribution < 1.29 is 14.3 Å². The normalized spacial score (nSPS) is 13.8. The van der Waals surface area contributed by atoms with Gasteiger partial charge in [-0.25, -0.2) is 9.78 Å². The predicted molar refractivity (Wildman–Crippen MR) is 164 cm³/mol. The van der Waals surface area contributed by atoms with Crippen molar-refractivity contribution in [1.82, 2.24) is 4.98 Å². The summed E-state index contributed by atoms with van der Waals surface area (Å²) in [6.07, 6.45) is 2.54. The summed E-state index contributed by atoms with van der Waals surface area (Å²) in [6, 6.07) is 23.7. The number of pyridine rings is 1. The first kappa shape index (κ1) is 28.9. The zero-order chi connectivity index (χ0) is 29.6. The molecule has 8 nitrogen and oxygen atoms in total. The first-order chi connectivity index (χ1) is 20.4. The molecule has 1 amide bonds. The van der Waals surface area contributed by atoms with Crippen molar-refractivity contribution in [2.75, 3.05) is 23.9 Å². The van der Waals surface area contributed by atoms with Crippen LogP contribution in [0.4, 0.5) is 10.8 Å². The third kappa shape index (κ3) is 5.87. The van der Waals surface area contributed by atoms with E-state index >= 15 is 0 Å². The zero-order valence-corrected chi connectivity index (χ0v) is 24.5. The number of aromatic nitrogens is 1. The van der Waals surface area contributed by atoms with Gasteiger partial charge in [0, 0.05) is 22.6 Å². The van der Waals surface area contributed by atoms with Crippen LogP contribution in [0.1, 0.15) is 56.2 Å². The lowest BCUT2D eigenvalue weighted by Gasteiger charge is -2.22. The number of fused-ring (bicyclic) bond motifs is 1. The number of hydrogen-bond acceptors (Lipinski definition) is 9. The Morgan fingerprint density at radius 2 is 1.79 bits per heavy atom. The standard InChI is InChI=1S/C32H27N5O3S2/c1-40-32(39)28-22-13-12-21(19-8-4-2-5-9-19)16-25(22)42-31(28)36-26(38)14-15-41-30-24(18-34)27(20-10-6-3-7-11-20)23(17-33)29(35)37-30/h2-11,21H,12-16H2,1H3,(H2,35,37)(H,36,38). The number of benzene rings is 2. The van der Waals surface area contributed by atoms with Crippen molar-refractivity contribution >= 4 is 45.8 Å². The molecule has 0 bridgehead atoms. The third-order valence-electron chi connectivity index (χ3n) is 7.22. The van der Waals surface area contributed by atoms with E-state index in [9.17, 15) is 20.1 Å².